The van der Waals surface area contributed by atoms with Gasteiger partial charge in [0.15, 0.2) is 0 Å². The van der Waals surface area contributed by atoms with Crippen molar-refractivity contribution >= 4 is 39.1 Å². The van der Waals surface area contributed by atoms with Crippen molar-refractivity contribution < 1.29 is 13.2 Å². The zero-order chi connectivity index (χ0) is 15.6. The van der Waals surface area contributed by atoms with E-state index < -0.39 is 15.9 Å². The molecule has 8 heteroatoms. The van der Waals surface area contributed by atoms with Gasteiger partial charge in [-0.1, -0.05) is 42.5 Å². The molecule has 2 rings (SSSR count). The number of nitrogens with two attached hydrogens (primary N) is 1. The lowest BCUT2D eigenvalue weighted by molar-refractivity contribution is 0.0927. The van der Waals surface area contributed by atoms with E-state index in [-0.39, 0.29) is 26.5 Å². The smallest absolute Gasteiger partial charge is 0.253 e. The van der Waals surface area contributed by atoms with Gasteiger partial charge in [-0.25, -0.2) is 13.6 Å². The summed E-state index contributed by atoms with van der Waals surface area (Å²) >= 11 is 11.8. The number of rotatable bonds is 3. The summed E-state index contributed by atoms with van der Waals surface area (Å²) in [5, 5.41) is 7.94. The van der Waals surface area contributed by atoms with E-state index in [1.165, 1.54) is 12.5 Å². The Kier molecular flexibility index (Phi) is 5.14. The Hall–Kier alpha value is -0.820. The summed E-state index contributed by atoms with van der Waals surface area (Å²) in [4.78, 5) is 11.9. The van der Waals surface area contributed by atoms with E-state index in [1.807, 2.05) is 0 Å². The lowest BCUT2D eigenvalue weighted by Crippen LogP contribution is -2.36. The van der Waals surface area contributed by atoms with Crippen LogP contribution in [0.1, 0.15) is 42.5 Å². The zero-order valence-electron chi connectivity index (χ0n) is 11.2. The molecule has 1 saturated carbocycles. The Labute approximate surface area is 133 Å². The molecule has 5 nitrogen and oxygen atoms in total. The molecule has 0 spiro atoms. The maximum atomic E-state index is 12.2. The fraction of sp³-hybridized carbons (Fsp3) is 0.462. The average molecular weight is 351 g/mol. The Bertz CT molecular complexity index is 656. The number of carbonyl (C=O) groups is 1. The largest absolute Gasteiger partial charge is 0.349 e. The second kappa shape index (κ2) is 6.52. The minimum atomic E-state index is -4.01. The topological polar surface area (TPSA) is 89.3 Å². The summed E-state index contributed by atoms with van der Waals surface area (Å²) in [6, 6.07) is 2.44. The number of nitrogens with one attached hydrogen (secondary N) is 1. The van der Waals surface area contributed by atoms with Crippen molar-refractivity contribution in [2.75, 3.05) is 0 Å². The first-order valence-electron chi connectivity index (χ1n) is 6.62. The second-order valence-electron chi connectivity index (χ2n) is 5.12. The molecule has 0 aliphatic heterocycles. The van der Waals surface area contributed by atoms with Crippen LogP contribution in [0.4, 0.5) is 0 Å². The van der Waals surface area contributed by atoms with E-state index in [2.05, 4.69) is 5.32 Å². The monoisotopic (exact) mass is 350 g/mol. The van der Waals surface area contributed by atoms with Crippen molar-refractivity contribution in [2.24, 2.45) is 5.14 Å². The SMILES string of the molecule is NS(=O)(=O)c1cc(C(=O)NC2CCCCC2)c(Cl)cc1Cl. The third-order valence-corrected chi connectivity index (χ3v) is 5.20. The van der Waals surface area contributed by atoms with Gasteiger partial charge in [0, 0.05) is 6.04 Å². The van der Waals surface area contributed by atoms with Gasteiger partial charge < -0.3 is 5.32 Å². The van der Waals surface area contributed by atoms with Gasteiger partial charge in [0.2, 0.25) is 10.0 Å². The van der Waals surface area contributed by atoms with E-state index in [0.29, 0.717) is 0 Å². The standard InChI is InChI=1S/C13H16Cl2N2O3S/c14-10-7-11(15)12(21(16,19)20)6-9(10)13(18)17-8-4-2-1-3-5-8/h6-8H,1-5H2,(H,17,18)(H2,16,19,20). The van der Waals surface area contributed by atoms with Gasteiger partial charge in [-0.3, -0.25) is 4.79 Å². The van der Waals surface area contributed by atoms with Gasteiger partial charge in [0.05, 0.1) is 15.6 Å². The van der Waals surface area contributed by atoms with Crippen LogP contribution in [-0.4, -0.2) is 20.4 Å². The van der Waals surface area contributed by atoms with Crippen molar-refractivity contribution in [1.29, 1.82) is 0 Å². The molecule has 0 aromatic heterocycles. The summed E-state index contributed by atoms with van der Waals surface area (Å²) in [6.45, 7) is 0. The maximum Gasteiger partial charge on any atom is 0.253 e. The van der Waals surface area contributed by atoms with Crippen LogP contribution in [0.15, 0.2) is 17.0 Å². The first-order chi connectivity index (χ1) is 9.79. The summed E-state index contributed by atoms with van der Waals surface area (Å²) in [7, 11) is -4.01. The average Bonchev–Trinajstić information content (AvgIpc) is 2.38. The quantitative estimate of drug-likeness (QED) is 0.877. The number of sulfonamides is 1. The Morgan fingerprint density at radius 2 is 1.76 bits per heavy atom. The first kappa shape index (κ1) is 16.5. The molecule has 0 radical (unpaired) electrons. The van der Waals surface area contributed by atoms with E-state index in [1.54, 1.807) is 0 Å². The minimum absolute atomic E-state index is 0.0654. The van der Waals surface area contributed by atoms with Crippen molar-refractivity contribution in [3.63, 3.8) is 0 Å². The molecule has 0 heterocycles. The summed E-state index contributed by atoms with van der Waals surface area (Å²) in [6.07, 6.45) is 5.14. The number of halogens is 2. The molecule has 1 aromatic rings. The van der Waals surface area contributed by atoms with Gasteiger partial charge in [-0.05, 0) is 25.0 Å². The number of benzene rings is 1. The van der Waals surface area contributed by atoms with Crippen molar-refractivity contribution in [2.45, 2.75) is 43.0 Å². The van der Waals surface area contributed by atoms with E-state index >= 15 is 0 Å². The molecular formula is C13H16Cl2N2O3S. The molecule has 1 aromatic carbocycles. The molecule has 21 heavy (non-hydrogen) atoms. The first-order valence-corrected chi connectivity index (χ1v) is 8.92. The minimum Gasteiger partial charge on any atom is -0.349 e. The lowest BCUT2D eigenvalue weighted by atomic mass is 9.95. The van der Waals surface area contributed by atoms with E-state index in [4.69, 9.17) is 28.3 Å². The number of primary sulfonamides is 1. The molecule has 1 aliphatic rings. The third kappa shape index (κ3) is 4.10. The highest BCUT2D eigenvalue weighted by Gasteiger charge is 2.22. The third-order valence-electron chi connectivity index (χ3n) is 3.51. The molecule has 3 N–H and O–H groups in total. The van der Waals surface area contributed by atoms with Crippen LogP contribution in [0.2, 0.25) is 10.0 Å². The highest BCUT2D eigenvalue weighted by molar-refractivity contribution is 7.89. The predicted octanol–water partition coefficient (Wildman–Crippen LogP) is 2.70. The molecular weight excluding hydrogens is 335 g/mol. The predicted molar refractivity (Wildman–Crippen MR) is 82.2 cm³/mol. The summed E-state index contributed by atoms with van der Waals surface area (Å²) in [5.74, 6) is -0.409. The normalized spacial score (nSPS) is 16.7. The number of amides is 1. The number of hydrogen-bond donors (Lipinski definition) is 2. The van der Waals surface area contributed by atoms with Crippen LogP contribution in [0.3, 0.4) is 0 Å². The van der Waals surface area contributed by atoms with Crippen LogP contribution in [0, 0.1) is 0 Å². The number of hydrogen-bond acceptors (Lipinski definition) is 3. The van der Waals surface area contributed by atoms with Gasteiger partial charge >= 0.3 is 0 Å². The number of carbonyl (C=O) groups excluding carboxylic acids is 1. The molecule has 1 aliphatic carbocycles. The van der Waals surface area contributed by atoms with Crippen molar-refractivity contribution in [3.05, 3.63) is 27.7 Å². The van der Waals surface area contributed by atoms with Gasteiger partial charge in [0.1, 0.15) is 4.90 Å². The van der Waals surface area contributed by atoms with Gasteiger partial charge in [-0.15, -0.1) is 0 Å². The highest BCUT2D eigenvalue weighted by atomic mass is 35.5. The zero-order valence-corrected chi connectivity index (χ0v) is 13.6. The van der Waals surface area contributed by atoms with Crippen LogP contribution in [0.5, 0.6) is 0 Å². The van der Waals surface area contributed by atoms with Crippen LogP contribution in [0.25, 0.3) is 0 Å². The fourth-order valence-electron chi connectivity index (χ4n) is 2.43. The molecule has 0 saturated heterocycles. The molecule has 1 fully saturated rings. The van der Waals surface area contributed by atoms with Crippen molar-refractivity contribution in [3.8, 4) is 0 Å². The molecule has 116 valence electrons. The molecule has 1 amide bonds. The maximum absolute atomic E-state index is 12.2. The van der Waals surface area contributed by atoms with Gasteiger partial charge in [0.25, 0.3) is 5.91 Å². The lowest BCUT2D eigenvalue weighted by Gasteiger charge is -2.23. The van der Waals surface area contributed by atoms with Crippen LogP contribution >= 0.6 is 23.2 Å². The molecule has 0 atom stereocenters. The van der Waals surface area contributed by atoms with E-state index in [0.717, 1.165) is 31.7 Å². The second-order valence-corrected chi connectivity index (χ2v) is 7.46. The van der Waals surface area contributed by atoms with Gasteiger partial charge in [-0.2, -0.15) is 0 Å². The Morgan fingerprint density at radius 1 is 1.14 bits per heavy atom. The highest BCUT2D eigenvalue weighted by Crippen LogP contribution is 2.28. The fourth-order valence-corrected chi connectivity index (χ4v) is 3.84. The summed E-state index contributed by atoms with van der Waals surface area (Å²) in [5.41, 5.74) is 0.0654. The molecule has 0 bridgehead atoms. The van der Waals surface area contributed by atoms with Crippen LogP contribution in [-0.2, 0) is 10.0 Å². The van der Waals surface area contributed by atoms with Crippen LogP contribution < -0.4 is 10.5 Å². The van der Waals surface area contributed by atoms with Crippen molar-refractivity contribution in [1.82, 2.24) is 5.32 Å². The van der Waals surface area contributed by atoms with E-state index in [9.17, 15) is 13.2 Å². The molecule has 0 unspecified atom stereocenters. The summed E-state index contributed by atoms with van der Waals surface area (Å²) < 4.78 is 22.9. The Morgan fingerprint density at radius 3 is 2.33 bits per heavy atom. The Balaban J connectivity index is 2.28.